The van der Waals surface area contributed by atoms with E-state index in [2.05, 4.69) is 57.0 Å². The molecule has 36 heavy (non-hydrogen) atoms. The Morgan fingerprint density at radius 2 is 1.72 bits per heavy atom. The first kappa shape index (κ1) is 30.1. The molecule has 0 bridgehead atoms. The Morgan fingerprint density at radius 1 is 1.08 bits per heavy atom. The van der Waals surface area contributed by atoms with Gasteiger partial charge in [0.2, 0.25) is 11.8 Å². The number of aryl methyl sites for hydroxylation is 1. The Morgan fingerprint density at radius 3 is 2.31 bits per heavy atom. The average molecular weight is 539 g/mol. The van der Waals surface area contributed by atoms with E-state index in [1.165, 1.54) is 5.56 Å². The van der Waals surface area contributed by atoms with Crippen molar-refractivity contribution in [3.05, 3.63) is 47.3 Å². The van der Waals surface area contributed by atoms with Crippen molar-refractivity contribution in [3.8, 4) is 5.69 Å². The molecule has 2 amide bonds. The number of benzene rings is 1. The molecule has 200 valence electrons. The molecule has 2 fully saturated rings. The van der Waals surface area contributed by atoms with Crippen LogP contribution in [0.25, 0.3) is 5.69 Å². The van der Waals surface area contributed by atoms with Crippen molar-refractivity contribution in [2.45, 2.75) is 78.4 Å². The van der Waals surface area contributed by atoms with Crippen LogP contribution in [-0.2, 0) is 16.1 Å². The van der Waals surface area contributed by atoms with E-state index >= 15 is 0 Å². The molecule has 1 spiro atoms. The predicted octanol–water partition coefficient (Wildman–Crippen LogP) is 4.45. The van der Waals surface area contributed by atoms with Crippen LogP contribution < -0.4 is 5.32 Å². The fraction of sp³-hybridized carbons (Fsp3) is 0.593. The summed E-state index contributed by atoms with van der Waals surface area (Å²) in [6.45, 7) is 13.5. The number of rotatable bonds is 7. The number of amides is 2. The zero-order valence-corrected chi connectivity index (χ0v) is 23.8. The maximum atomic E-state index is 13.4. The highest BCUT2D eigenvalue weighted by molar-refractivity contribution is 6.00. The molecular formula is C27H41Cl2N5O2. The second kappa shape index (κ2) is 12.4. The molecule has 4 rings (SSSR count). The summed E-state index contributed by atoms with van der Waals surface area (Å²) in [5.74, 6) is 0.492. The lowest BCUT2D eigenvalue weighted by Crippen LogP contribution is -2.73. The highest BCUT2D eigenvalue weighted by Crippen LogP contribution is 2.35. The van der Waals surface area contributed by atoms with Crippen molar-refractivity contribution in [3.63, 3.8) is 0 Å². The zero-order chi connectivity index (χ0) is 24.5. The van der Waals surface area contributed by atoms with Crippen LogP contribution in [0.15, 0.2) is 30.3 Å². The average Bonchev–Trinajstić information content (AvgIpc) is 3.10. The van der Waals surface area contributed by atoms with Gasteiger partial charge in [-0.25, -0.2) is 4.68 Å². The second-order valence-corrected chi connectivity index (χ2v) is 10.3. The van der Waals surface area contributed by atoms with E-state index in [0.29, 0.717) is 31.7 Å². The molecule has 1 atom stereocenters. The lowest BCUT2D eigenvalue weighted by atomic mass is 9.80. The number of halogens is 2. The Balaban J connectivity index is 0.00000228. The molecule has 0 unspecified atom stereocenters. The smallest absolute Gasteiger partial charge is 0.246 e. The molecule has 1 N–H and O–H groups in total. The number of piperidine rings is 1. The third kappa shape index (κ3) is 5.74. The number of hydrogen-bond acceptors (Lipinski definition) is 4. The summed E-state index contributed by atoms with van der Waals surface area (Å²) in [7, 11) is 0. The molecule has 2 saturated heterocycles. The quantitative estimate of drug-likeness (QED) is 0.566. The summed E-state index contributed by atoms with van der Waals surface area (Å²) in [5, 5.41) is 7.88. The van der Waals surface area contributed by atoms with Crippen LogP contribution in [0, 0.1) is 19.8 Å². The molecule has 0 radical (unpaired) electrons. The number of nitrogens with zero attached hydrogens (tertiary/aromatic N) is 4. The van der Waals surface area contributed by atoms with E-state index < -0.39 is 11.6 Å². The molecule has 3 heterocycles. The number of aromatic nitrogens is 2. The standard InChI is InChI=1S/C27H39N5O2.2ClH/c1-6-14-31-25(33)24(17-19(2)3)28-26(34)27(31)12-15-30(16-13-27)18-23-20(4)29-32(21(23)5)22-10-8-7-9-11-22;;/h7-11,19,24H,6,12-18H2,1-5H3,(H,28,34);2*1H/t24-;;/m1../s1. The van der Waals surface area contributed by atoms with Crippen LogP contribution in [0.3, 0.4) is 0 Å². The Bertz CT molecular complexity index is 1030. The minimum absolute atomic E-state index is 0. The van der Waals surface area contributed by atoms with Gasteiger partial charge >= 0.3 is 0 Å². The first-order valence-corrected chi connectivity index (χ1v) is 12.7. The van der Waals surface area contributed by atoms with Gasteiger partial charge in [-0.05, 0) is 57.6 Å². The Kier molecular flexibility index (Phi) is 10.4. The zero-order valence-electron chi connectivity index (χ0n) is 22.1. The van der Waals surface area contributed by atoms with Gasteiger partial charge in [-0.3, -0.25) is 14.5 Å². The van der Waals surface area contributed by atoms with Gasteiger partial charge in [-0.1, -0.05) is 39.0 Å². The van der Waals surface area contributed by atoms with E-state index in [4.69, 9.17) is 5.10 Å². The third-order valence-electron chi connectivity index (χ3n) is 7.47. The van der Waals surface area contributed by atoms with Gasteiger partial charge in [0.15, 0.2) is 0 Å². The lowest BCUT2D eigenvalue weighted by Gasteiger charge is -2.52. The Hall–Kier alpha value is -2.09. The largest absolute Gasteiger partial charge is 0.342 e. The molecule has 1 aromatic carbocycles. The second-order valence-electron chi connectivity index (χ2n) is 10.3. The van der Waals surface area contributed by atoms with Crippen LogP contribution in [0.5, 0.6) is 0 Å². The van der Waals surface area contributed by atoms with Crippen molar-refractivity contribution >= 4 is 36.6 Å². The van der Waals surface area contributed by atoms with Crippen molar-refractivity contribution in [2.75, 3.05) is 19.6 Å². The van der Waals surface area contributed by atoms with Crippen LogP contribution >= 0.6 is 24.8 Å². The number of piperazine rings is 1. The third-order valence-corrected chi connectivity index (χ3v) is 7.47. The van der Waals surface area contributed by atoms with Gasteiger partial charge in [0.05, 0.1) is 11.4 Å². The van der Waals surface area contributed by atoms with Gasteiger partial charge < -0.3 is 10.2 Å². The first-order valence-electron chi connectivity index (χ1n) is 12.7. The maximum Gasteiger partial charge on any atom is 0.246 e. The molecule has 7 nitrogen and oxygen atoms in total. The van der Waals surface area contributed by atoms with Gasteiger partial charge in [0, 0.05) is 37.4 Å². The van der Waals surface area contributed by atoms with Crippen molar-refractivity contribution in [1.82, 2.24) is 24.9 Å². The van der Waals surface area contributed by atoms with Crippen molar-refractivity contribution < 1.29 is 9.59 Å². The molecule has 1 aromatic heterocycles. The van der Waals surface area contributed by atoms with Crippen LogP contribution in [0.4, 0.5) is 0 Å². The van der Waals surface area contributed by atoms with Crippen molar-refractivity contribution in [1.29, 1.82) is 0 Å². The number of hydrogen-bond donors (Lipinski definition) is 1. The van der Waals surface area contributed by atoms with E-state index in [9.17, 15) is 9.59 Å². The van der Waals surface area contributed by atoms with Crippen LogP contribution in [0.1, 0.15) is 63.4 Å². The van der Waals surface area contributed by atoms with Crippen molar-refractivity contribution in [2.24, 2.45) is 5.92 Å². The van der Waals surface area contributed by atoms with Gasteiger partial charge in [-0.15, -0.1) is 24.8 Å². The van der Waals surface area contributed by atoms with Gasteiger partial charge in [0.25, 0.3) is 0 Å². The number of likely N-dealkylation sites (tertiary alicyclic amines) is 1. The van der Waals surface area contributed by atoms with E-state index in [1.807, 2.05) is 27.8 Å². The van der Waals surface area contributed by atoms with Crippen LogP contribution in [-0.4, -0.2) is 62.6 Å². The fourth-order valence-electron chi connectivity index (χ4n) is 5.58. The molecule has 2 aliphatic heterocycles. The SMILES string of the molecule is CCCN1C(=O)[C@@H](CC(C)C)NC(=O)C12CCN(Cc1c(C)nn(-c3ccccc3)c1C)CC2.Cl.Cl. The summed E-state index contributed by atoms with van der Waals surface area (Å²) < 4.78 is 2.02. The molecule has 0 aliphatic carbocycles. The summed E-state index contributed by atoms with van der Waals surface area (Å²) in [6, 6.07) is 9.82. The number of carbonyl (C=O) groups is 2. The normalized spacial score (nSPS) is 19.7. The number of nitrogens with one attached hydrogen (secondary N) is 1. The molecule has 2 aliphatic rings. The molecule has 2 aromatic rings. The van der Waals surface area contributed by atoms with E-state index in [0.717, 1.165) is 43.1 Å². The predicted molar refractivity (Wildman–Crippen MR) is 148 cm³/mol. The molecular weight excluding hydrogens is 497 g/mol. The van der Waals surface area contributed by atoms with Gasteiger partial charge in [-0.2, -0.15) is 5.10 Å². The monoisotopic (exact) mass is 537 g/mol. The highest BCUT2D eigenvalue weighted by Gasteiger charge is 2.53. The number of para-hydroxylation sites is 1. The first-order chi connectivity index (χ1) is 16.3. The van der Waals surface area contributed by atoms with Crippen LogP contribution in [0.2, 0.25) is 0 Å². The van der Waals surface area contributed by atoms with E-state index in [1.54, 1.807) is 0 Å². The van der Waals surface area contributed by atoms with E-state index in [-0.39, 0.29) is 36.6 Å². The molecule has 0 saturated carbocycles. The topological polar surface area (TPSA) is 70.5 Å². The Labute approximate surface area is 227 Å². The summed E-state index contributed by atoms with van der Waals surface area (Å²) in [5.41, 5.74) is 3.78. The van der Waals surface area contributed by atoms with Gasteiger partial charge in [0.1, 0.15) is 11.6 Å². The fourth-order valence-corrected chi connectivity index (χ4v) is 5.58. The summed E-state index contributed by atoms with van der Waals surface area (Å²) in [4.78, 5) is 31.1. The molecule has 9 heteroatoms. The minimum Gasteiger partial charge on any atom is -0.342 e. The lowest BCUT2D eigenvalue weighted by molar-refractivity contribution is -0.161. The number of carbonyl (C=O) groups excluding carboxylic acids is 2. The minimum atomic E-state index is -0.713. The highest BCUT2D eigenvalue weighted by atomic mass is 35.5. The summed E-state index contributed by atoms with van der Waals surface area (Å²) >= 11 is 0. The maximum absolute atomic E-state index is 13.4. The summed E-state index contributed by atoms with van der Waals surface area (Å²) in [6.07, 6.45) is 2.89.